The summed E-state index contributed by atoms with van der Waals surface area (Å²) in [6.45, 7) is 2.28. The van der Waals surface area contributed by atoms with Crippen LogP contribution in [0.5, 0.6) is 0 Å². The van der Waals surface area contributed by atoms with E-state index in [-0.39, 0.29) is 0 Å². The van der Waals surface area contributed by atoms with Gasteiger partial charge in [0.2, 0.25) is 5.52 Å². The van der Waals surface area contributed by atoms with Crippen molar-refractivity contribution in [2.24, 2.45) is 7.05 Å². The number of benzene rings is 4. The third kappa shape index (κ3) is 1.91. The molecular formula is C27H19N2S+. The van der Waals surface area contributed by atoms with E-state index in [0.29, 0.717) is 0 Å². The molecule has 0 saturated heterocycles. The minimum absolute atomic E-state index is 1.27. The van der Waals surface area contributed by atoms with E-state index >= 15 is 0 Å². The first-order chi connectivity index (χ1) is 14.7. The number of nitrogens with zero attached hydrogens (tertiary/aromatic N) is 2. The lowest BCUT2D eigenvalue weighted by atomic mass is 9.95. The van der Waals surface area contributed by atoms with Crippen molar-refractivity contribution in [3.63, 3.8) is 0 Å². The molecule has 3 heterocycles. The maximum atomic E-state index is 2.51. The minimum Gasteiger partial charge on any atom is -0.306 e. The van der Waals surface area contributed by atoms with Gasteiger partial charge in [-0.05, 0) is 52.9 Å². The quantitative estimate of drug-likeness (QED) is 0.148. The van der Waals surface area contributed by atoms with Crippen molar-refractivity contribution in [3.8, 4) is 5.69 Å². The van der Waals surface area contributed by atoms with Crippen molar-refractivity contribution in [3.05, 3.63) is 84.6 Å². The molecule has 0 aliphatic carbocycles. The van der Waals surface area contributed by atoms with Gasteiger partial charge in [0, 0.05) is 6.07 Å². The summed E-state index contributed by atoms with van der Waals surface area (Å²) in [6, 6.07) is 26.7. The van der Waals surface area contributed by atoms with Crippen molar-refractivity contribution in [2.75, 3.05) is 0 Å². The SMILES string of the molecule is Cc1c2ccccc2cc2c1c1c3c4c(ccc3cc[n+]1C)sc1ccccc1n2-4. The van der Waals surface area contributed by atoms with Crippen LogP contribution in [0.3, 0.4) is 0 Å². The molecule has 5 aromatic rings. The van der Waals surface area contributed by atoms with Crippen LogP contribution in [0.4, 0.5) is 0 Å². The van der Waals surface area contributed by atoms with E-state index in [2.05, 4.69) is 102 Å². The predicted octanol–water partition coefficient (Wildman–Crippen LogP) is 6.88. The normalized spacial score (nSPS) is 12.3. The molecule has 4 aromatic carbocycles. The topological polar surface area (TPSA) is 8.81 Å². The molecule has 2 aliphatic heterocycles. The second kappa shape index (κ2) is 5.59. The van der Waals surface area contributed by atoms with Gasteiger partial charge in [-0.2, -0.15) is 0 Å². The molecule has 2 aliphatic rings. The Morgan fingerprint density at radius 2 is 1.60 bits per heavy atom. The number of aromatic nitrogens is 2. The van der Waals surface area contributed by atoms with Crippen LogP contribution in [-0.4, -0.2) is 4.57 Å². The van der Waals surface area contributed by atoms with Crippen LogP contribution < -0.4 is 4.57 Å². The molecule has 0 amide bonds. The van der Waals surface area contributed by atoms with Gasteiger partial charge in [-0.25, -0.2) is 4.57 Å². The molecule has 2 nitrogen and oxygen atoms in total. The van der Waals surface area contributed by atoms with Gasteiger partial charge in [0.25, 0.3) is 0 Å². The van der Waals surface area contributed by atoms with E-state index in [4.69, 9.17) is 0 Å². The zero-order valence-electron chi connectivity index (χ0n) is 16.8. The lowest BCUT2D eigenvalue weighted by Gasteiger charge is -2.23. The van der Waals surface area contributed by atoms with Crippen LogP contribution >= 0.6 is 11.3 Å². The Labute approximate surface area is 177 Å². The molecule has 7 rings (SSSR count). The van der Waals surface area contributed by atoms with E-state index in [1.165, 1.54) is 64.1 Å². The fourth-order valence-electron chi connectivity index (χ4n) is 5.23. The van der Waals surface area contributed by atoms with Crippen molar-refractivity contribution < 1.29 is 4.57 Å². The van der Waals surface area contributed by atoms with E-state index in [0.717, 1.165) is 0 Å². The third-order valence-electron chi connectivity index (χ3n) is 6.56. The number of para-hydroxylation sites is 1. The number of fused-ring (bicyclic) bond motifs is 6. The number of pyridine rings is 2. The second-order valence-electron chi connectivity index (χ2n) is 8.17. The molecular weight excluding hydrogens is 384 g/mol. The number of aryl methyl sites for hydroxylation is 2. The summed E-state index contributed by atoms with van der Waals surface area (Å²) in [5.41, 5.74) is 6.54. The summed E-state index contributed by atoms with van der Waals surface area (Å²) in [6.07, 6.45) is 2.20. The molecule has 0 N–H and O–H groups in total. The van der Waals surface area contributed by atoms with Gasteiger partial charge in [0.15, 0.2) is 6.20 Å². The maximum Gasteiger partial charge on any atom is 0.224 e. The van der Waals surface area contributed by atoms with E-state index in [9.17, 15) is 0 Å². The number of hydrogen-bond acceptors (Lipinski definition) is 1. The molecule has 0 unspecified atom stereocenters. The first kappa shape index (κ1) is 16.4. The molecule has 0 atom stereocenters. The number of hydrogen-bond donors (Lipinski definition) is 0. The Bertz CT molecular complexity index is 1770. The first-order valence-electron chi connectivity index (χ1n) is 10.3. The van der Waals surface area contributed by atoms with Gasteiger partial charge >= 0.3 is 0 Å². The lowest BCUT2D eigenvalue weighted by Crippen LogP contribution is -2.29. The molecule has 0 fully saturated rings. The average Bonchev–Trinajstić information content (AvgIpc) is 2.78. The zero-order valence-corrected chi connectivity index (χ0v) is 17.6. The van der Waals surface area contributed by atoms with Crippen LogP contribution in [0.2, 0.25) is 0 Å². The molecule has 0 saturated carbocycles. The highest BCUT2D eigenvalue weighted by molar-refractivity contribution is 7.24. The van der Waals surface area contributed by atoms with E-state index < -0.39 is 0 Å². The largest absolute Gasteiger partial charge is 0.306 e. The average molecular weight is 404 g/mol. The zero-order chi connectivity index (χ0) is 20.0. The predicted molar refractivity (Wildman–Crippen MR) is 128 cm³/mol. The summed E-state index contributed by atoms with van der Waals surface area (Å²) >= 11 is 1.88. The van der Waals surface area contributed by atoms with Crippen LogP contribution in [0.1, 0.15) is 5.56 Å². The third-order valence-corrected chi connectivity index (χ3v) is 7.67. The van der Waals surface area contributed by atoms with Crippen LogP contribution in [0, 0.1) is 6.92 Å². The summed E-state index contributed by atoms with van der Waals surface area (Å²) in [5, 5.41) is 6.61. The fourth-order valence-corrected chi connectivity index (χ4v) is 6.30. The lowest BCUT2D eigenvalue weighted by molar-refractivity contribution is -0.643. The second-order valence-corrected chi connectivity index (χ2v) is 9.26. The summed E-state index contributed by atoms with van der Waals surface area (Å²) in [7, 11) is 2.17. The number of rotatable bonds is 0. The van der Waals surface area contributed by atoms with Gasteiger partial charge in [-0.3, -0.25) is 0 Å². The highest BCUT2D eigenvalue weighted by Gasteiger charge is 2.26. The van der Waals surface area contributed by atoms with Gasteiger partial charge in [0.05, 0.1) is 36.9 Å². The molecule has 0 spiro atoms. The van der Waals surface area contributed by atoms with Crippen molar-refractivity contribution in [1.29, 1.82) is 0 Å². The fraction of sp³-hybridized carbons (Fsp3) is 0.0741. The Morgan fingerprint density at radius 1 is 0.767 bits per heavy atom. The Kier molecular flexibility index (Phi) is 3.05. The van der Waals surface area contributed by atoms with Crippen LogP contribution in [0.15, 0.2) is 79.0 Å². The van der Waals surface area contributed by atoms with Gasteiger partial charge in [-0.15, -0.1) is 11.3 Å². The van der Waals surface area contributed by atoms with Gasteiger partial charge < -0.3 is 4.57 Å². The molecule has 0 radical (unpaired) electrons. The monoisotopic (exact) mass is 403 g/mol. The molecule has 142 valence electrons. The van der Waals surface area contributed by atoms with Crippen molar-refractivity contribution in [2.45, 2.75) is 6.92 Å². The summed E-state index contributed by atoms with van der Waals surface area (Å²) < 4.78 is 7.44. The van der Waals surface area contributed by atoms with Gasteiger partial charge in [-0.1, -0.05) is 42.5 Å². The minimum atomic E-state index is 1.27. The molecule has 1 aromatic heterocycles. The molecule has 30 heavy (non-hydrogen) atoms. The highest BCUT2D eigenvalue weighted by Crippen LogP contribution is 2.44. The highest BCUT2D eigenvalue weighted by atomic mass is 32.1. The standard InChI is InChI=1S/C27H19N2S/c1-16-19-8-4-3-7-18(19)15-21-24(16)27-25-17(13-14-28(27)2)11-12-23-26(25)29(21)20-9-5-6-10-22(20)30-23/h3-15H,1-2H3/q+1. The van der Waals surface area contributed by atoms with Crippen LogP contribution in [0.25, 0.3) is 58.6 Å². The van der Waals surface area contributed by atoms with Crippen molar-refractivity contribution in [1.82, 2.24) is 4.57 Å². The maximum absolute atomic E-state index is 2.51. The van der Waals surface area contributed by atoms with E-state index in [1.807, 2.05) is 11.3 Å². The molecule has 0 bridgehead atoms. The van der Waals surface area contributed by atoms with E-state index in [1.54, 1.807) is 0 Å². The Balaban J connectivity index is 1.96. The molecule has 3 heteroatoms. The Morgan fingerprint density at radius 3 is 2.53 bits per heavy atom. The van der Waals surface area contributed by atoms with Crippen LogP contribution in [-0.2, 0) is 7.05 Å². The smallest absolute Gasteiger partial charge is 0.224 e. The summed E-state index contributed by atoms with van der Waals surface area (Å²) in [4.78, 5) is 0. The first-order valence-corrected chi connectivity index (χ1v) is 11.1. The summed E-state index contributed by atoms with van der Waals surface area (Å²) in [5.74, 6) is 0. The Hall–Kier alpha value is -3.43. The van der Waals surface area contributed by atoms with Crippen molar-refractivity contribution >= 4 is 64.2 Å². The van der Waals surface area contributed by atoms with Gasteiger partial charge in [0.1, 0.15) is 7.05 Å².